The van der Waals surface area contributed by atoms with Crippen molar-refractivity contribution in [1.29, 1.82) is 0 Å². The molecular weight excluding hydrogens is 395 g/mol. The second-order valence-corrected chi connectivity index (χ2v) is 7.13. The van der Waals surface area contributed by atoms with Crippen molar-refractivity contribution in [2.75, 3.05) is 4.90 Å². The van der Waals surface area contributed by atoms with Crippen LogP contribution in [0, 0.1) is 15.9 Å². The molecule has 144 valence electrons. The van der Waals surface area contributed by atoms with Gasteiger partial charge in [-0.25, -0.2) is 9.37 Å². The van der Waals surface area contributed by atoms with E-state index in [1.807, 2.05) is 6.07 Å². The van der Waals surface area contributed by atoms with Crippen LogP contribution in [-0.4, -0.2) is 20.8 Å². The smallest absolute Gasteiger partial charge is 0.269 e. The van der Waals surface area contributed by atoms with Crippen molar-refractivity contribution in [2.45, 2.75) is 6.54 Å². The molecule has 9 heteroatoms. The summed E-state index contributed by atoms with van der Waals surface area (Å²) in [4.78, 5) is 33.7. The van der Waals surface area contributed by atoms with Gasteiger partial charge in [-0.2, -0.15) is 0 Å². The predicted octanol–water partition coefficient (Wildman–Crippen LogP) is 4.59. The normalized spacial score (nSPS) is 10.8. The number of amides is 1. The third-order valence-corrected chi connectivity index (χ3v) is 5.23. The van der Waals surface area contributed by atoms with Crippen LogP contribution in [0.1, 0.15) is 16.1 Å². The fourth-order valence-electron chi connectivity index (χ4n) is 2.76. The molecule has 0 saturated carbocycles. The van der Waals surface area contributed by atoms with Gasteiger partial charge in [0.05, 0.1) is 27.4 Å². The number of carbonyl (C=O) groups excluding carboxylic acids is 1. The van der Waals surface area contributed by atoms with Gasteiger partial charge in [0, 0.05) is 23.9 Å². The first-order valence-corrected chi connectivity index (χ1v) is 9.35. The van der Waals surface area contributed by atoms with Gasteiger partial charge in [-0.3, -0.25) is 24.8 Å². The molecule has 0 aliphatic carbocycles. The van der Waals surface area contributed by atoms with E-state index in [0.29, 0.717) is 21.0 Å². The van der Waals surface area contributed by atoms with Crippen molar-refractivity contribution >= 4 is 38.3 Å². The van der Waals surface area contributed by atoms with E-state index < -0.39 is 4.92 Å². The molecule has 0 fully saturated rings. The van der Waals surface area contributed by atoms with E-state index in [0.717, 1.165) is 0 Å². The van der Waals surface area contributed by atoms with Gasteiger partial charge >= 0.3 is 0 Å². The molecule has 2 aromatic heterocycles. The highest BCUT2D eigenvalue weighted by molar-refractivity contribution is 7.22. The zero-order chi connectivity index (χ0) is 20.4. The lowest BCUT2D eigenvalue weighted by molar-refractivity contribution is -0.384. The molecule has 0 saturated heterocycles. The van der Waals surface area contributed by atoms with E-state index in [4.69, 9.17) is 0 Å². The zero-order valence-electron chi connectivity index (χ0n) is 14.9. The third kappa shape index (κ3) is 3.94. The first-order valence-electron chi connectivity index (χ1n) is 8.53. The van der Waals surface area contributed by atoms with Crippen LogP contribution in [0.25, 0.3) is 10.2 Å². The van der Waals surface area contributed by atoms with Crippen molar-refractivity contribution in [3.63, 3.8) is 0 Å². The topological polar surface area (TPSA) is 89.2 Å². The van der Waals surface area contributed by atoms with Gasteiger partial charge in [-0.15, -0.1) is 0 Å². The Bertz CT molecular complexity index is 1200. The van der Waals surface area contributed by atoms with E-state index in [1.54, 1.807) is 24.4 Å². The molecule has 7 nitrogen and oxygen atoms in total. The summed E-state index contributed by atoms with van der Waals surface area (Å²) in [6.45, 7) is 0.152. The zero-order valence-corrected chi connectivity index (χ0v) is 15.7. The summed E-state index contributed by atoms with van der Waals surface area (Å²) in [6, 6.07) is 15.0. The SMILES string of the molecule is O=C(c1ccc([N+](=O)[O-])cc1)N(Cc1ccccn1)c1nc2ccc(F)cc2s1. The van der Waals surface area contributed by atoms with Crippen molar-refractivity contribution in [2.24, 2.45) is 0 Å². The molecule has 0 N–H and O–H groups in total. The molecule has 4 rings (SSSR count). The Balaban J connectivity index is 1.74. The van der Waals surface area contributed by atoms with Crippen molar-refractivity contribution in [3.8, 4) is 0 Å². The van der Waals surface area contributed by atoms with Gasteiger partial charge in [0.25, 0.3) is 11.6 Å². The number of rotatable bonds is 5. The van der Waals surface area contributed by atoms with Gasteiger partial charge in [0.15, 0.2) is 5.13 Å². The van der Waals surface area contributed by atoms with E-state index in [1.165, 1.54) is 52.6 Å². The number of pyridine rings is 1. The summed E-state index contributed by atoms with van der Waals surface area (Å²) < 4.78 is 14.2. The molecule has 4 aromatic rings. The quantitative estimate of drug-likeness (QED) is 0.356. The average Bonchev–Trinajstić information content (AvgIpc) is 3.15. The number of halogens is 1. The molecule has 0 unspecified atom stereocenters. The summed E-state index contributed by atoms with van der Waals surface area (Å²) in [7, 11) is 0. The molecular formula is C20H13FN4O3S. The molecule has 0 spiro atoms. The summed E-state index contributed by atoms with van der Waals surface area (Å²) in [5, 5.41) is 11.3. The highest BCUT2D eigenvalue weighted by Crippen LogP contribution is 2.31. The van der Waals surface area contributed by atoms with E-state index in [2.05, 4.69) is 9.97 Å². The number of hydrogen-bond donors (Lipinski definition) is 0. The maximum atomic E-state index is 13.6. The van der Waals surface area contributed by atoms with Crippen molar-refractivity contribution < 1.29 is 14.1 Å². The number of anilines is 1. The molecule has 2 aromatic carbocycles. The molecule has 29 heavy (non-hydrogen) atoms. The molecule has 0 radical (unpaired) electrons. The minimum atomic E-state index is -0.526. The third-order valence-electron chi connectivity index (χ3n) is 4.19. The van der Waals surface area contributed by atoms with Gasteiger partial charge in [0.1, 0.15) is 5.82 Å². The molecule has 0 aliphatic heterocycles. The van der Waals surface area contributed by atoms with Crippen LogP contribution in [0.4, 0.5) is 15.2 Å². The lowest BCUT2D eigenvalue weighted by Gasteiger charge is -2.19. The number of thiazole rings is 1. The highest BCUT2D eigenvalue weighted by atomic mass is 32.1. The van der Waals surface area contributed by atoms with Crippen LogP contribution in [0.2, 0.25) is 0 Å². The minimum Gasteiger partial charge on any atom is -0.278 e. The highest BCUT2D eigenvalue weighted by Gasteiger charge is 2.23. The first-order chi connectivity index (χ1) is 14.0. The predicted molar refractivity (Wildman–Crippen MR) is 107 cm³/mol. The number of hydrogen-bond acceptors (Lipinski definition) is 6. The fourth-order valence-corrected chi connectivity index (χ4v) is 3.75. The minimum absolute atomic E-state index is 0.103. The van der Waals surface area contributed by atoms with E-state index in [-0.39, 0.29) is 29.5 Å². The molecule has 0 atom stereocenters. The maximum absolute atomic E-state index is 13.6. The lowest BCUT2D eigenvalue weighted by Crippen LogP contribution is -2.30. The molecule has 0 aliphatic rings. The number of aromatic nitrogens is 2. The number of nitro groups is 1. The van der Waals surface area contributed by atoms with Gasteiger partial charge < -0.3 is 0 Å². The van der Waals surface area contributed by atoms with Gasteiger partial charge in [-0.1, -0.05) is 17.4 Å². The Labute approximate surface area is 168 Å². The Morgan fingerprint density at radius 1 is 1.14 bits per heavy atom. The summed E-state index contributed by atoms with van der Waals surface area (Å²) >= 11 is 1.19. The van der Waals surface area contributed by atoms with Crippen molar-refractivity contribution in [1.82, 2.24) is 9.97 Å². The van der Waals surface area contributed by atoms with E-state index in [9.17, 15) is 19.3 Å². The molecule has 0 bridgehead atoms. The standard InChI is InChI=1S/C20H13FN4O3S/c21-14-6-9-17-18(11-14)29-20(23-17)24(12-15-3-1-2-10-22-15)19(26)13-4-7-16(8-5-13)25(27)28/h1-11H,12H2. The van der Waals surface area contributed by atoms with Crippen LogP contribution in [-0.2, 0) is 6.54 Å². The molecule has 1 amide bonds. The Hall–Kier alpha value is -3.72. The number of carbonyl (C=O) groups is 1. The Morgan fingerprint density at radius 2 is 1.93 bits per heavy atom. The van der Waals surface area contributed by atoms with Crippen LogP contribution in [0.5, 0.6) is 0 Å². The van der Waals surface area contributed by atoms with Crippen LogP contribution < -0.4 is 4.90 Å². The lowest BCUT2D eigenvalue weighted by atomic mass is 10.2. The van der Waals surface area contributed by atoms with Gasteiger partial charge in [-0.05, 0) is 42.5 Å². The number of nitro benzene ring substituents is 1. The van der Waals surface area contributed by atoms with Crippen LogP contribution in [0.15, 0.2) is 66.9 Å². The number of fused-ring (bicyclic) bond motifs is 1. The maximum Gasteiger partial charge on any atom is 0.269 e. The number of benzene rings is 2. The first kappa shape index (κ1) is 18.6. The molecule has 2 heterocycles. The number of non-ortho nitro benzene ring substituents is 1. The van der Waals surface area contributed by atoms with E-state index >= 15 is 0 Å². The van der Waals surface area contributed by atoms with Crippen molar-refractivity contribution in [3.05, 3.63) is 94.0 Å². The fraction of sp³-hybridized carbons (Fsp3) is 0.0500. The second-order valence-electron chi connectivity index (χ2n) is 6.12. The Morgan fingerprint density at radius 3 is 2.62 bits per heavy atom. The largest absolute Gasteiger partial charge is 0.278 e. The van der Waals surface area contributed by atoms with Gasteiger partial charge in [0.2, 0.25) is 0 Å². The summed E-state index contributed by atoms with van der Waals surface area (Å²) in [6.07, 6.45) is 1.62. The summed E-state index contributed by atoms with van der Waals surface area (Å²) in [5.74, 6) is -0.768. The van der Waals surface area contributed by atoms with Crippen LogP contribution >= 0.6 is 11.3 Å². The second kappa shape index (κ2) is 7.72. The Kier molecular flexibility index (Phi) is 4.96. The van der Waals surface area contributed by atoms with Crippen LogP contribution in [0.3, 0.4) is 0 Å². The monoisotopic (exact) mass is 408 g/mol. The summed E-state index contributed by atoms with van der Waals surface area (Å²) in [5.41, 5.74) is 1.40. The number of nitrogens with zero attached hydrogens (tertiary/aromatic N) is 4. The average molecular weight is 408 g/mol.